The third-order valence-corrected chi connectivity index (χ3v) is 7.06. The number of benzene rings is 1. The topological polar surface area (TPSA) is 82.6 Å². The second-order valence-corrected chi connectivity index (χ2v) is 10.1. The fourth-order valence-corrected chi connectivity index (χ4v) is 5.15. The summed E-state index contributed by atoms with van der Waals surface area (Å²) in [5.74, 6) is 0.952. The van der Waals surface area contributed by atoms with Crippen molar-refractivity contribution in [3.8, 4) is 0 Å². The highest BCUT2D eigenvalue weighted by Crippen LogP contribution is 2.26. The van der Waals surface area contributed by atoms with E-state index in [1.165, 1.54) is 28.7 Å². The largest absolute Gasteiger partial charge is 0.340 e. The fraction of sp³-hybridized carbons (Fsp3) is 0.545. The minimum Gasteiger partial charge on any atom is -0.340 e. The summed E-state index contributed by atoms with van der Waals surface area (Å²) in [6, 6.07) is 6.06. The van der Waals surface area contributed by atoms with Crippen LogP contribution in [0.4, 0.5) is 5.13 Å². The van der Waals surface area contributed by atoms with Gasteiger partial charge < -0.3 is 10.2 Å². The first-order valence-electron chi connectivity index (χ1n) is 10.7. The molecule has 0 atom stereocenters. The molecule has 1 saturated heterocycles. The highest BCUT2D eigenvalue weighted by molar-refractivity contribution is 8.13. The molecule has 2 heterocycles. The van der Waals surface area contributed by atoms with Gasteiger partial charge in [-0.25, -0.2) is 4.98 Å². The van der Waals surface area contributed by atoms with Crippen LogP contribution in [-0.4, -0.2) is 70.2 Å². The van der Waals surface area contributed by atoms with E-state index in [2.05, 4.69) is 21.3 Å². The SMILES string of the molecule is CC(=O)SCCCCCC(=O)N1CCN(CC(=O)Nc2nc3ccc(C)cc3s2)CC1. The Bertz CT molecular complexity index is 923. The van der Waals surface area contributed by atoms with Gasteiger partial charge in [-0.05, 0) is 37.5 Å². The van der Waals surface area contributed by atoms with Crippen molar-refractivity contribution in [1.82, 2.24) is 14.8 Å². The molecule has 1 aromatic heterocycles. The summed E-state index contributed by atoms with van der Waals surface area (Å²) >= 11 is 2.84. The molecule has 2 aromatic rings. The molecule has 1 fully saturated rings. The van der Waals surface area contributed by atoms with E-state index in [-0.39, 0.29) is 16.9 Å². The molecule has 0 saturated carbocycles. The Morgan fingerprint density at radius 1 is 1.13 bits per heavy atom. The van der Waals surface area contributed by atoms with Crippen molar-refractivity contribution in [2.24, 2.45) is 0 Å². The van der Waals surface area contributed by atoms with Crippen molar-refractivity contribution >= 4 is 55.4 Å². The number of aryl methyl sites for hydroxylation is 1. The number of hydrogen-bond donors (Lipinski definition) is 1. The molecule has 0 aliphatic carbocycles. The third-order valence-electron chi connectivity index (χ3n) is 5.22. The first-order chi connectivity index (χ1) is 14.9. The van der Waals surface area contributed by atoms with E-state index in [0.717, 1.165) is 35.2 Å². The minimum atomic E-state index is -0.0704. The average Bonchev–Trinajstić information content (AvgIpc) is 3.11. The van der Waals surface area contributed by atoms with Gasteiger partial charge in [-0.1, -0.05) is 35.6 Å². The van der Waals surface area contributed by atoms with Crippen LogP contribution < -0.4 is 5.32 Å². The lowest BCUT2D eigenvalue weighted by Crippen LogP contribution is -2.50. The summed E-state index contributed by atoms with van der Waals surface area (Å²) in [6.07, 6.45) is 3.36. The number of fused-ring (bicyclic) bond motifs is 1. The molecule has 31 heavy (non-hydrogen) atoms. The zero-order chi connectivity index (χ0) is 22.2. The van der Waals surface area contributed by atoms with E-state index in [9.17, 15) is 14.4 Å². The molecular weight excluding hydrogens is 432 g/mol. The van der Waals surface area contributed by atoms with Gasteiger partial charge in [-0.15, -0.1) is 0 Å². The van der Waals surface area contributed by atoms with Crippen molar-refractivity contribution in [3.63, 3.8) is 0 Å². The summed E-state index contributed by atoms with van der Waals surface area (Å²) in [5, 5.41) is 3.68. The number of thiazole rings is 1. The number of nitrogens with one attached hydrogen (secondary N) is 1. The van der Waals surface area contributed by atoms with E-state index in [4.69, 9.17) is 0 Å². The van der Waals surface area contributed by atoms with E-state index < -0.39 is 0 Å². The summed E-state index contributed by atoms with van der Waals surface area (Å²) < 4.78 is 1.07. The minimum absolute atomic E-state index is 0.0704. The van der Waals surface area contributed by atoms with Crippen molar-refractivity contribution < 1.29 is 14.4 Å². The van der Waals surface area contributed by atoms with E-state index in [0.29, 0.717) is 44.3 Å². The van der Waals surface area contributed by atoms with Crippen LogP contribution in [0.3, 0.4) is 0 Å². The second kappa shape index (κ2) is 11.6. The number of carbonyl (C=O) groups excluding carboxylic acids is 3. The molecule has 1 aromatic carbocycles. The predicted molar refractivity (Wildman–Crippen MR) is 128 cm³/mol. The maximum Gasteiger partial charge on any atom is 0.240 e. The highest BCUT2D eigenvalue weighted by atomic mass is 32.2. The summed E-state index contributed by atoms with van der Waals surface area (Å²) in [5.41, 5.74) is 2.07. The van der Waals surface area contributed by atoms with Crippen LogP contribution in [0.15, 0.2) is 18.2 Å². The van der Waals surface area contributed by atoms with Crippen LogP contribution in [0.25, 0.3) is 10.2 Å². The van der Waals surface area contributed by atoms with Crippen LogP contribution in [-0.2, 0) is 14.4 Å². The monoisotopic (exact) mass is 462 g/mol. The Hall–Kier alpha value is -1.97. The van der Waals surface area contributed by atoms with E-state index >= 15 is 0 Å². The number of amides is 2. The number of aromatic nitrogens is 1. The normalized spacial score (nSPS) is 14.7. The molecule has 7 nitrogen and oxygen atoms in total. The Kier molecular flexibility index (Phi) is 8.86. The lowest BCUT2D eigenvalue weighted by atomic mass is 10.2. The van der Waals surface area contributed by atoms with Crippen molar-refractivity contribution in [2.75, 3.05) is 43.8 Å². The fourth-order valence-electron chi connectivity index (χ4n) is 3.53. The van der Waals surface area contributed by atoms with Gasteiger partial charge >= 0.3 is 0 Å². The standard InChI is InChI=1S/C22H30N4O3S2/c1-16-7-8-18-19(14-16)31-22(23-18)24-20(28)15-25-9-11-26(12-10-25)21(29)6-4-3-5-13-30-17(2)27/h7-8,14H,3-6,9-13,15H2,1-2H3,(H,23,24,28). The molecule has 0 radical (unpaired) electrons. The first-order valence-corrected chi connectivity index (χ1v) is 12.5. The molecule has 1 N–H and O–H groups in total. The number of carbonyl (C=O) groups is 3. The zero-order valence-corrected chi connectivity index (χ0v) is 19.8. The molecule has 0 spiro atoms. The molecule has 168 valence electrons. The second-order valence-electron chi connectivity index (χ2n) is 7.85. The van der Waals surface area contributed by atoms with Crippen LogP contribution in [0.1, 0.15) is 38.2 Å². The summed E-state index contributed by atoms with van der Waals surface area (Å²) in [4.78, 5) is 44.1. The number of thioether (sulfide) groups is 1. The Balaban J connectivity index is 1.34. The molecule has 0 unspecified atom stereocenters. The van der Waals surface area contributed by atoms with Gasteiger partial charge in [0.1, 0.15) is 0 Å². The number of piperazine rings is 1. The lowest BCUT2D eigenvalue weighted by Gasteiger charge is -2.34. The quantitative estimate of drug-likeness (QED) is 0.574. The lowest BCUT2D eigenvalue weighted by molar-refractivity contribution is -0.133. The van der Waals surface area contributed by atoms with Gasteiger partial charge in [0.15, 0.2) is 10.2 Å². The number of nitrogens with zero attached hydrogens (tertiary/aromatic N) is 3. The Labute approximate surface area is 191 Å². The molecule has 9 heteroatoms. The van der Waals surface area contributed by atoms with Gasteiger partial charge in [-0.2, -0.15) is 0 Å². The van der Waals surface area contributed by atoms with Gasteiger partial charge in [0.2, 0.25) is 11.8 Å². The molecule has 2 amide bonds. The van der Waals surface area contributed by atoms with Crippen molar-refractivity contribution in [1.29, 1.82) is 0 Å². The number of anilines is 1. The van der Waals surface area contributed by atoms with Crippen LogP contribution >= 0.6 is 23.1 Å². The van der Waals surface area contributed by atoms with E-state index in [1.54, 1.807) is 6.92 Å². The highest BCUT2D eigenvalue weighted by Gasteiger charge is 2.22. The molecule has 3 rings (SSSR count). The van der Waals surface area contributed by atoms with Crippen molar-refractivity contribution in [3.05, 3.63) is 23.8 Å². The van der Waals surface area contributed by atoms with Crippen LogP contribution in [0.5, 0.6) is 0 Å². The number of rotatable bonds is 9. The zero-order valence-electron chi connectivity index (χ0n) is 18.2. The maximum absolute atomic E-state index is 12.4. The smallest absolute Gasteiger partial charge is 0.240 e. The Morgan fingerprint density at radius 3 is 2.65 bits per heavy atom. The third kappa shape index (κ3) is 7.59. The van der Waals surface area contributed by atoms with Gasteiger partial charge in [0.25, 0.3) is 0 Å². The number of hydrogen-bond acceptors (Lipinski definition) is 7. The van der Waals surface area contributed by atoms with Crippen LogP contribution in [0, 0.1) is 6.92 Å². The molecular formula is C22H30N4O3S2. The number of unbranched alkanes of at least 4 members (excludes halogenated alkanes) is 2. The first kappa shape index (κ1) is 23.7. The Morgan fingerprint density at radius 2 is 1.90 bits per heavy atom. The molecule has 1 aliphatic heterocycles. The maximum atomic E-state index is 12.4. The average molecular weight is 463 g/mol. The van der Waals surface area contributed by atoms with Gasteiger partial charge in [-0.3, -0.25) is 19.3 Å². The van der Waals surface area contributed by atoms with Gasteiger partial charge in [0.05, 0.1) is 16.8 Å². The van der Waals surface area contributed by atoms with E-state index in [1.807, 2.05) is 24.0 Å². The molecule has 0 bridgehead atoms. The predicted octanol–water partition coefficient (Wildman–Crippen LogP) is 3.53. The summed E-state index contributed by atoms with van der Waals surface area (Å²) in [7, 11) is 0. The molecule has 1 aliphatic rings. The van der Waals surface area contributed by atoms with Crippen LogP contribution in [0.2, 0.25) is 0 Å². The van der Waals surface area contributed by atoms with Gasteiger partial charge in [0, 0.05) is 45.3 Å². The van der Waals surface area contributed by atoms with Crippen molar-refractivity contribution in [2.45, 2.75) is 39.5 Å². The summed E-state index contributed by atoms with van der Waals surface area (Å²) in [6.45, 7) is 6.65.